The van der Waals surface area contributed by atoms with E-state index in [4.69, 9.17) is 4.74 Å². The van der Waals surface area contributed by atoms with E-state index in [1.807, 2.05) is 39.2 Å². The molecule has 1 saturated heterocycles. The number of carbonyl (C=O) groups is 2. The highest BCUT2D eigenvalue weighted by Gasteiger charge is 2.44. The molecule has 2 aliphatic rings. The fraction of sp³-hybridized carbons (Fsp3) is 0.524. The molecule has 8 nitrogen and oxygen atoms in total. The van der Waals surface area contributed by atoms with Gasteiger partial charge >= 0.3 is 6.09 Å². The number of ether oxygens (including phenoxy) is 1. The van der Waals surface area contributed by atoms with Gasteiger partial charge in [0.05, 0.1) is 17.0 Å². The van der Waals surface area contributed by atoms with Gasteiger partial charge in [0.2, 0.25) is 0 Å². The number of fused-ring (bicyclic) bond motifs is 2. The molecule has 2 N–H and O–H groups in total. The molecule has 4 rings (SSSR count). The number of carbonyl (C=O) groups excluding carboxylic acids is 2. The molecular formula is C21H27N5O3S. The number of nitrogens with zero attached hydrogens (tertiary/aromatic N) is 3. The highest BCUT2D eigenvalue weighted by molar-refractivity contribution is 7.98. The van der Waals surface area contributed by atoms with Crippen LogP contribution in [0, 0.1) is 0 Å². The molecule has 0 bridgehead atoms. The first-order valence-electron chi connectivity index (χ1n) is 10.1. The Labute approximate surface area is 180 Å². The SMILES string of the molecule is CSc1nccc(-c2cc3c([nH]2)C2(CCN(C(=O)OC(C)(C)C)CC2)CNC3=O)n1. The van der Waals surface area contributed by atoms with Crippen LogP contribution in [0.5, 0.6) is 0 Å². The first-order chi connectivity index (χ1) is 14.2. The lowest BCUT2D eigenvalue weighted by Gasteiger charge is -2.43. The lowest BCUT2D eigenvalue weighted by atomic mass is 9.72. The topological polar surface area (TPSA) is 100 Å². The monoisotopic (exact) mass is 429 g/mol. The molecule has 0 radical (unpaired) electrons. The number of thioether (sulfide) groups is 1. The number of piperidine rings is 1. The fourth-order valence-corrected chi connectivity index (χ4v) is 4.44. The molecule has 0 unspecified atom stereocenters. The molecule has 160 valence electrons. The third-order valence-electron chi connectivity index (χ3n) is 5.64. The number of hydrogen-bond donors (Lipinski definition) is 2. The standard InChI is InChI=1S/C21H27N5O3S/c1-20(2,3)29-19(28)26-9-6-21(7-10-26)12-23-17(27)13-11-15(24-16(13)21)14-5-8-22-18(25-14)30-4/h5,8,11,24H,6-7,9-10,12H2,1-4H3,(H,23,27). The van der Waals surface area contributed by atoms with Crippen molar-refractivity contribution in [3.63, 3.8) is 0 Å². The smallest absolute Gasteiger partial charge is 0.410 e. The zero-order valence-corrected chi connectivity index (χ0v) is 18.6. The summed E-state index contributed by atoms with van der Waals surface area (Å²) in [6.07, 6.45) is 4.87. The first kappa shape index (κ1) is 20.7. The summed E-state index contributed by atoms with van der Waals surface area (Å²) in [5.74, 6) is -0.0770. The second-order valence-electron chi connectivity index (χ2n) is 8.83. The molecule has 2 amide bonds. The van der Waals surface area contributed by atoms with Crippen molar-refractivity contribution < 1.29 is 14.3 Å². The summed E-state index contributed by atoms with van der Waals surface area (Å²) in [5.41, 5.74) is 2.43. The number of likely N-dealkylation sites (tertiary alicyclic amines) is 1. The molecule has 0 aliphatic carbocycles. The summed E-state index contributed by atoms with van der Waals surface area (Å²) >= 11 is 1.48. The average Bonchev–Trinajstić information content (AvgIpc) is 3.18. The maximum atomic E-state index is 12.6. The van der Waals surface area contributed by atoms with E-state index >= 15 is 0 Å². The predicted molar refractivity (Wildman–Crippen MR) is 115 cm³/mol. The largest absolute Gasteiger partial charge is 0.444 e. The molecule has 9 heteroatoms. The van der Waals surface area contributed by atoms with Gasteiger partial charge < -0.3 is 19.9 Å². The molecule has 0 saturated carbocycles. The molecule has 1 fully saturated rings. The third-order valence-corrected chi connectivity index (χ3v) is 6.21. The quantitative estimate of drug-likeness (QED) is 0.562. The van der Waals surface area contributed by atoms with E-state index in [1.165, 1.54) is 11.8 Å². The summed E-state index contributed by atoms with van der Waals surface area (Å²) in [7, 11) is 0. The Morgan fingerprint density at radius 3 is 2.70 bits per heavy atom. The van der Waals surface area contributed by atoms with Gasteiger partial charge in [-0.1, -0.05) is 11.8 Å². The Morgan fingerprint density at radius 2 is 2.03 bits per heavy atom. The van der Waals surface area contributed by atoms with Crippen molar-refractivity contribution in [2.24, 2.45) is 0 Å². The fourth-order valence-electron chi connectivity index (χ4n) is 4.08. The van der Waals surface area contributed by atoms with Crippen molar-refractivity contribution in [2.45, 2.75) is 49.8 Å². The van der Waals surface area contributed by atoms with E-state index < -0.39 is 5.60 Å². The first-order valence-corrected chi connectivity index (χ1v) is 11.3. The summed E-state index contributed by atoms with van der Waals surface area (Å²) < 4.78 is 5.52. The van der Waals surface area contributed by atoms with Crippen LogP contribution in [-0.4, -0.2) is 63.3 Å². The number of aromatic nitrogens is 3. The van der Waals surface area contributed by atoms with E-state index in [9.17, 15) is 9.59 Å². The van der Waals surface area contributed by atoms with Crippen molar-refractivity contribution in [1.29, 1.82) is 0 Å². The molecule has 4 heterocycles. The second-order valence-corrected chi connectivity index (χ2v) is 9.60. The molecule has 1 spiro atoms. The van der Waals surface area contributed by atoms with E-state index in [0.29, 0.717) is 30.4 Å². The lowest BCUT2D eigenvalue weighted by Crippen LogP contribution is -2.54. The minimum absolute atomic E-state index is 0.0770. The van der Waals surface area contributed by atoms with Gasteiger partial charge in [0.25, 0.3) is 5.91 Å². The van der Waals surface area contributed by atoms with Crippen molar-refractivity contribution in [3.05, 3.63) is 29.6 Å². The Kier molecular flexibility index (Phi) is 5.25. The number of nitrogens with one attached hydrogen (secondary N) is 2. The number of rotatable bonds is 2. The van der Waals surface area contributed by atoms with Gasteiger partial charge in [-0.25, -0.2) is 14.8 Å². The molecular weight excluding hydrogens is 402 g/mol. The lowest BCUT2D eigenvalue weighted by molar-refractivity contribution is 0.0156. The Bertz CT molecular complexity index is 973. The minimum Gasteiger partial charge on any atom is -0.444 e. The van der Waals surface area contributed by atoms with Crippen LogP contribution in [0.15, 0.2) is 23.5 Å². The van der Waals surface area contributed by atoms with E-state index in [0.717, 1.165) is 29.9 Å². The van der Waals surface area contributed by atoms with Gasteiger partial charge in [-0.05, 0) is 52.0 Å². The van der Waals surface area contributed by atoms with E-state index in [-0.39, 0.29) is 17.4 Å². The zero-order valence-electron chi connectivity index (χ0n) is 17.7. The number of H-pyrrole nitrogens is 1. The van der Waals surface area contributed by atoms with Gasteiger partial charge in [0, 0.05) is 36.9 Å². The highest BCUT2D eigenvalue weighted by Crippen LogP contribution is 2.40. The van der Waals surface area contributed by atoms with Gasteiger partial charge in [-0.2, -0.15) is 0 Å². The molecule has 0 atom stereocenters. The maximum Gasteiger partial charge on any atom is 0.410 e. The summed E-state index contributed by atoms with van der Waals surface area (Å²) in [6.45, 7) is 7.34. The maximum absolute atomic E-state index is 12.6. The minimum atomic E-state index is -0.514. The third kappa shape index (κ3) is 3.90. The van der Waals surface area contributed by atoms with Crippen LogP contribution in [0.2, 0.25) is 0 Å². The number of aromatic amines is 1. The van der Waals surface area contributed by atoms with Crippen molar-refractivity contribution in [1.82, 2.24) is 25.2 Å². The van der Waals surface area contributed by atoms with Crippen LogP contribution in [0.3, 0.4) is 0 Å². The number of hydrogen-bond acceptors (Lipinski definition) is 6. The van der Waals surface area contributed by atoms with Crippen LogP contribution >= 0.6 is 11.8 Å². The van der Waals surface area contributed by atoms with Crippen LogP contribution in [0.4, 0.5) is 4.79 Å². The van der Waals surface area contributed by atoms with Crippen LogP contribution < -0.4 is 5.32 Å². The van der Waals surface area contributed by atoms with Crippen LogP contribution in [0.1, 0.15) is 49.7 Å². The van der Waals surface area contributed by atoms with E-state index in [1.54, 1.807) is 11.1 Å². The molecule has 2 aliphatic heterocycles. The number of amides is 2. The van der Waals surface area contributed by atoms with Crippen LogP contribution in [-0.2, 0) is 10.2 Å². The Hall–Kier alpha value is -2.55. The Balaban J connectivity index is 1.59. The summed E-state index contributed by atoms with van der Waals surface area (Å²) in [4.78, 5) is 39.0. The van der Waals surface area contributed by atoms with Crippen molar-refractivity contribution >= 4 is 23.8 Å². The second kappa shape index (κ2) is 7.61. The molecule has 2 aromatic heterocycles. The molecule has 2 aromatic rings. The van der Waals surface area contributed by atoms with Gasteiger partial charge in [-0.15, -0.1) is 0 Å². The van der Waals surface area contributed by atoms with Crippen molar-refractivity contribution in [3.8, 4) is 11.4 Å². The molecule has 30 heavy (non-hydrogen) atoms. The molecule has 0 aromatic carbocycles. The van der Waals surface area contributed by atoms with Crippen LogP contribution in [0.25, 0.3) is 11.4 Å². The van der Waals surface area contributed by atoms with Gasteiger partial charge in [0.15, 0.2) is 5.16 Å². The predicted octanol–water partition coefficient (Wildman–Crippen LogP) is 3.21. The highest BCUT2D eigenvalue weighted by atomic mass is 32.2. The van der Waals surface area contributed by atoms with Gasteiger partial charge in [-0.3, -0.25) is 4.79 Å². The summed E-state index contributed by atoms with van der Waals surface area (Å²) in [6, 6.07) is 3.71. The summed E-state index contributed by atoms with van der Waals surface area (Å²) in [5, 5.41) is 3.72. The average molecular weight is 430 g/mol. The van der Waals surface area contributed by atoms with E-state index in [2.05, 4.69) is 20.3 Å². The zero-order chi connectivity index (χ0) is 21.5. The normalized spacial score (nSPS) is 18.1. The van der Waals surface area contributed by atoms with Gasteiger partial charge in [0.1, 0.15) is 5.60 Å². The Morgan fingerprint density at radius 1 is 1.30 bits per heavy atom. The van der Waals surface area contributed by atoms with Crippen molar-refractivity contribution in [2.75, 3.05) is 25.9 Å².